The van der Waals surface area contributed by atoms with Crippen molar-refractivity contribution in [3.05, 3.63) is 93.0 Å². The highest BCUT2D eigenvalue weighted by atomic mass is 35.5. The van der Waals surface area contributed by atoms with Gasteiger partial charge in [0.05, 0.1) is 21.7 Å². The van der Waals surface area contributed by atoms with Gasteiger partial charge >= 0.3 is 0 Å². The Morgan fingerprint density at radius 1 is 0.963 bits per heavy atom. The Hall–Kier alpha value is -5.25. The molecule has 3 atom stereocenters. The summed E-state index contributed by atoms with van der Waals surface area (Å²) in [6.45, 7) is 8.28. The number of halogens is 1. The minimum atomic E-state index is -0.964. The van der Waals surface area contributed by atoms with E-state index in [1.807, 2.05) is 36.4 Å². The number of nitrogens with zero attached hydrogens (tertiary/aromatic N) is 4. The molecule has 0 unspecified atom stereocenters. The van der Waals surface area contributed by atoms with E-state index < -0.39 is 29.7 Å². The molecule has 278 valence electrons. The van der Waals surface area contributed by atoms with Gasteiger partial charge in [-0.05, 0) is 84.8 Å². The molecule has 3 fully saturated rings. The van der Waals surface area contributed by atoms with Gasteiger partial charge in [0.15, 0.2) is 0 Å². The standard InChI is InChI=1S/C41H41ClN6O6/c1-41(2)34(18-35(41)54-29-8-5-25(19-43)32(42)17-29)44-37(50)24-3-6-28(7-4-24)47-13-11-23(12-14-47)20-46-21-26-15-30-31(16-27(26)22-46)40(53)48(39(30)52)33-9-10-36(49)45-38(33)51/h3-8,15-17,23,33-35H,9-14,18,20-22H2,1-2H3,(H,44,50)(H,45,49,51)/t33-,34-,35-/m0/s1. The van der Waals surface area contributed by atoms with Crippen LogP contribution in [0, 0.1) is 22.7 Å². The minimum absolute atomic E-state index is 0.0489. The summed E-state index contributed by atoms with van der Waals surface area (Å²) < 4.78 is 6.16. The maximum atomic E-state index is 13.3. The normalized spacial score (nSPS) is 23.7. The maximum absolute atomic E-state index is 13.3. The number of benzene rings is 3. The monoisotopic (exact) mass is 748 g/mol. The number of hydrogen-bond donors (Lipinski definition) is 2. The van der Waals surface area contributed by atoms with Gasteiger partial charge in [0.1, 0.15) is 24.0 Å². The summed E-state index contributed by atoms with van der Waals surface area (Å²) in [6.07, 6.45) is 2.85. The molecular formula is C41H41ClN6O6. The molecule has 8 rings (SSSR count). The molecule has 0 spiro atoms. The molecule has 2 N–H and O–H groups in total. The predicted molar refractivity (Wildman–Crippen MR) is 199 cm³/mol. The van der Waals surface area contributed by atoms with Gasteiger partial charge in [0.25, 0.3) is 17.7 Å². The lowest BCUT2D eigenvalue weighted by molar-refractivity contribution is -0.136. The van der Waals surface area contributed by atoms with E-state index in [1.54, 1.807) is 18.2 Å². The van der Waals surface area contributed by atoms with Crippen molar-refractivity contribution in [3.63, 3.8) is 0 Å². The van der Waals surface area contributed by atoms with Gasteiger partial charge in [-0.1, -0.05) is 25.4 Å². The Kier molecular flexibility index (Phi) is 9.18. The number of nitrogens with one attached hydrogen (secondary N) is 2. The van der Waals surface area contributed by atoms with Crippen LogP contribution in [0.1, 0.15) is 93.7 Å². The van der Waals surface area contributed by atoms with Gasteiger partial charge in [-0.15, -0.1) is 0 Å². The van der Waals surface area contributed by atoms with Crippen LogP contribution in [0.5, 0.6) is 5.75 Å². The number of piperidine rings is 2. The third-order valence-corrected chi connectivity index (χ3v) is 12.3. The Bertz CT molecular complexity index is 2080. The summed E-state index contributed by atoms with van der Waals surface area (Å²) in [5.41, 5.74) is 4.54. The number of amides is 5. The number of imide groups is 2. The Labute approximate surface area is 318 Å². The number of anilines is 1. The predicted octanol–water partition coefficient (Wildman–Crippen LogP) is 4.82. The van der Waals surface area contributed by atoms with Crippen LogP contribution in [0.4, 0.5) is 5.69 Å². The minimum Gasteiger partial charge on any atom is -0.490 e. The zero-order valence-corrected chi connectivity index (χ0v) is 30.9. The molecular weight excluding hydrogens is 708 g/mol. The van der Waals surface area contributed by atoms with E-state index in [9.17, 15) is 24.0 Å². The van der Waals surface area contributed by atoms with E-state index in [4.69, 9.17) is 21.6 Å². The highest BCUT2D eigenvalue weighted by Gasteiger charge is 2.51. The van der Waals surface area contributed by atoms with E-state index in [0.717, 1.165) is 54.2 Å². The molecule has 4 aliphatic heterocycles. The lowest BCUT2D eigenvalue weighted by Crippen LogP contribution is -2.63. The summed E-state index contributed by atoms with van der Waals surface area (Å²) in [7, 11) is 0. The zero-order chi connectivity index (χ0) is 37.9. The van der Waals surface area contributed by atoms with Crippen molar-refractivity contribution in [1.82, 2.24) is 20.4 Å². The number of hydrogen-bond acceptors (Lipinski definition) is 9. The van der Waals surface area contributed by atoms with Crippen molar-refractivity contribution in [2.24, 2.45) is 11.3 Å². The third kappa shape index (κ3) is 6.49. The van der Waals surface area contributed by atoms with E-state index >= 15 is 0 Å². The molecule has 1 saturated carbocycles. The second-order valence-corrected chi connectivity index (χ2v) is 16.1. The molecule has 54 heavy (non-hydrogen) atoms. The van der Waals surface area contributed by atoms with Gasteiger partial charge in [-0.2, -0.15) is 5.26 Å². The summed E-state index contributed by atoms with van der Waals surface area (Å²) >= 11 is 6.17. The molecule has 0 radical (unpaired) electrons. The number of rotatable bonds is 8. The van der Waals surface area contributed by atoms with Crippen LogP contribution in [-0.2, 0) is 22.7 Å². The molecule has 0 aromatic heterocycles. The van der Waals surface area contributed by atoms with Gasteiger partial charge in [-0.25, -0.2) is 0 Å². The first kappa shape index (κ1) is 35.8. The highest BCUT2D eigenvalue weighted by Crippen LogP contribution is 2.44. The van der Waals surface area contributed by atoms with Crippen molar-refractivity contribution >= 4 is 46.8 Å². The second kappa shape index (κ2) is 13.9. The smallest absolute Gasteiger partial charge is 0.262 e. The van der Waals surface area contributed by atoms with E-state index in [1.165, 1.54) is 0 Å². The molecule has 3 aromatic carbocycles. The molecule has 2 saturated heterocycles. The Morgan fingerprint density at radius 3 is 2.22 bits per heavy atom. The molecule has 1 aliphatic carbocycles. The molecule has 5 aliphatic rings. The van der Waals surface area contributed by atoms with Crippen LogP contribution < -0.4 is 20.3 Å². The summed E-state index contributed by atoms with van der Waals surface area (Å²) in [6, 6.07) is 17.5. The topological polar surface area (TPSA) is 152 Å². The van der Waals surface area contributed by atoms with Gasteiger partial charge < -0.3 is 15.0 Å². The van der Waals surface area contributed by atoms with Crippen molar-refractivity contribution in [2.75, 3.05) is 24.5 Å². The third-order valence-electron chi connectivity index (χ3n) is 12.0. The molecule has 13 heteroatoms. The fraction of sp³-hybridized carbons (Fsp3) is 0.415. The lowest BCUT2D eigenvalue weighted by atomic mass is 9.64. The number of carbonyl (C=O) groups excluding carboxylic acids is 5. The average molecular weight is 749 g/mol. The average Bonchev–Trinajstić information content (AvgIpc) is 3.66. The first-order valence-electron chi connectivity index (χ1n) is 18.5. The van der Waals surface area contributed by atoms with Crippen LogP contribution in [0.25, 0.3) is 0 Å². The van der Waals surface area contributed by atoms with Crippen molar-refractivity contribution < 1.29 is 28.7 Å². The maximum Gasteiger partial charge on any atom is 0.262 e. The number of ether oxygens (including phenoxy) is 1. The number of nitriles is 1. The van der Waals surface area contributed by atoms with Crippen LogP contribution in [0.15, 0.2) is 54.6 Å². The molecule has 12 nitrogen and oxygen atoms in total. The number of carbonyl (C=O) groups is 5. The highest BCUT2D eigenvalue weighted by molar-refractivity contribution is 6.31. The number of fused-ring (bicyclic) bond motifs is 2. The Morgan fingerprint density at radius 2 is 1.63 bits per heavy atom. The van der Waals surface area contributed by atoms with Crippen molar-refractivity contribution in [3.8, 4) is 11.8 Å². The van der Waals surface area contributed by atoms with Gasteiger partial charge in [0.2, 0.25) is 11.8 Å². The zero-order valence-electron chi connectivity index (χ0n) is 30.2. The lowest BCUT2D eigenvalue weighted by Gasteiger charge is -2.51. The van der Waals surface area contributed by atoms with Crippen LogP contribution in [0.2, 0.25) is 5.02 Å². The summed E-state index contributed by atoms with van der Waals surface area (Å²) in [5.74, 6) is -0.942. The summed E-state index contributed by atoms with van der Waals surface area (Å²) in [4.78, 5) is 69.6. The van der Waals surface area contributed by atoms with Crippen LogP contribution >= 0.6 is 11.6 Å². The van der Waals surface area contributed by atoms with E-state index in [0.29, 0.717) is 58.5 Å². The van der Waals surface area contributed by atoms with E-state index in [2.05, 4.69) is 40.4 Å². The van der Waals surface area contributed by atoms with Crippen molar-refractivity contribution in [2.45, 2.75) is 77.2 Å². The second-order valence-electron chi connectivity index (χ2n) is 15.7. The molecule has 5 amide bonds. The fourth-order valence-electron chi connectivity index (χ4n) is 8.53. The Balaban J connectivity index is 0.802. The fourth-order valence-corrected chi connectivity index (χ4v) is 8.74. The quantitative estimate of drug-likeness (QED) is 0.309. The first-order valence-corrected chi connectivity index (χ1v) is 18.9. The van der Waals surface area contributed by atoms with Gasteiger partial charge in [0, 0.05) is 74.3 Å². The molecule has 4 heterocycles. The van der Waals surface area contributed by atoms with Gasteiger partial charge in [-0.3, -0.25) is 39.1 Å². The van der Waals surface area contributed by atoms with Crippen LogP contribution in [-0.4, -0.2) is 77.2 Å². The van der Waals surface area contributed by atoms with E-state index in [-0.39, 0.29) is 36.3 Å². The molecule has 0 bridgehead atoms. The SMILES string of the molecule is CC1(C)[C@@H](NC(=O)c2ccc(N3CCC(CN4Cc5cc6c(cc5C4)C(=O)N([C@H]4CCC(=O)NC4=O)C6=O)CC3)cc2)C[C@@H]1Oc1ccc(C#N)c(Cl)c1. The largest absolute Gasteiger partial charge is 0.490 e. The molecule has 3 aromatic rings. The first-order chi connectivity index (χ1) is 25.9. The summed E-state index contributed by atoms with van der Waals surface area (Å²) in [5, 5.41) is 14.9. The van der Waals surface area contributed by atoms with Crippen molar-refractivity contribution in [1.29, 1.82) is 5.26 Å². The van der Waals surface area contributed by atoms with Crippen LogP contribution in [0.3, 0.4) is 0 Å².